The van der Waals surface area contributed by atoms with Gasteiger partial charge < -0.3 is 20.0 Å². The molecule has 0 unspecified atom stereocenters. The number of hydrogen-bond acceptors (Lipinski definition) is 6. The fourth-order valence-electron chi connectivity index (χ4n) is 3.65. The second-order valence-electron chi connectivity index (χ2n) is 7.85. The van der Waals surface area contributed by atoms with Gasteiger partial charge in [0.2, 0.25) is 11.8 Å². The molecular formula is C24H27N5O3S. The van der Waals surface area contributed by atoms with E-state index in [1.807, 2.05) is 54.6 Å². The van der Waals surface area contributed by atoms with Crippen molar-refractivity contribution in [3.05, 3.63) is 66.1 Å². The van der Waals surface area contributed by atoms with Crippen molar-refractivity contribution in [1.82, 2.24) is 15.1 Å². The molecule has 2 aromatic carbocycles. The molecule has 1 aliphatic rings. The third-order valence-electron chi connectivity index (χ3n) is 5.55. The highest BCUT2D eigenvalue weighted by Crippen LogP contribution is 2.29. The Morgan fingerprint density at radius 3 is 2.39 bits per heavy atom. The van der Waals surface area contributed by atoms with Crippen molar-refractivity contribution in [2.45, 2.75) is 37.3 Å². The molecular weight excluding hydrogens is 438 g/mol. The van der Waals surface area contributed by atoms with Crippen LogP contribution in [-0.4, -0.2) is 45.9 Å². The molecule has 1 saturated heterocycles. The van der Waals surface area contributed by atoms with Gasteiger partial charge in [0.15, 0.2) is 0 Å². The van der Waals surface area contributed by atoms with Gasteiger partial charge in [0.1, 0.15) is 0 Å². The van der Waals surface area contributed by atoms with Gasteiger partial charge in [-0.15, -0.1) is 10.2 Å². The van der Waals surface area contributed by atoms with Crippen LogP contribution in [0, 0.1) is 0 Å². The number of thioether (sulfide) groups is 1. The Morgan fingerprint density at radius 2 is 1.70 bits per heavy atom. The summed E-state index contributed by atoms with van der Waals surface area (Å²) in [6.45, 7) is 3.33. The molecule has 1 aliphatic heterocycles. The number of aromatic nitrogens is 2. The molecule has 2 N–H and O–H groups in total. The summed E-state index contributed by atoms with van der Waals surface area (Å²) in [4.78, 5) is 26.5. The van der Waals surface area contributed by atoms with Gasteiger partial charge in [-0.05, 0) is 49.1 Å². The molecule has 1 aromatic heterocycles. The Hall–Kier alpha value is -3.33. The molecule has 0 spiro atoms. The van der Waals surface area contributed by atoms with Crippen LogP contribution in [0.5, 0.6) is 0 Å². The molecule has 4 rings (SSSR count). The lowest BCUT2D eigenvalue weighted by molar-refractivity contribution is -0.113. The Bertz CT molecular complexity index is 1060. The maximum atomic E-state index is 12.4. The number of amides is 3. The number of para-hydroxylation sites is 1. The van der Waals surface area contributed by atoms with Crippen LogP contribution in [0.25, 0.3) is 0 Å². The smallest absolute Gasteiger partial charge is 0.321 e. The second kappa shape index (κ2) is 11.0. The number of carbonyl (C=O) groups is 2. The maximum absolute atomic E-state index is 12.4. The van der Waals surface area contributed by atoms with Gasteiger partial charge in [-0.1, -0.05) is 49.0 Å². The average Bonchev–Trinajstić information content (AvgIpc) is 3.33. The third-order valence-corrected chi connectivity index (χ3v) is 6.37. The molecule has 2 heterocycles. The summed E-state index contributed by atoms with van der Waals surface area (Å²) in [6, 6.07) is 17.1. The van der Waals surface area contributed by atoms with E-state index < -0.39 is 0 Å². The standard InChI is InChI=1S/C24H27N5O3S/c1-2-17-8-10-20(11-9-17)25-21(30)16-33-24-28-27-22(32-24)18-12-14-29(15-13-18)23(31)26-19-6-4-3-5-7-19/h3-11,18H,2,12-16H2,1H3,(H,25,30)(H,26,31). The third kappa shape index (κ3) is 6.35. The molecule has 172 valence electrons. The van der Waals surface area contributed by atoms with Crippen molar-refractivity contribution in [1.29, 1.82) is 0 Å². The van der Waals surface area contributed by atoms with E-state index in [-0.39, 0.29) is 23.6 Å². The SMILES string of the molecule is CCc1ccc(NC(=O)CSc2nnc(C3CCN(C(=O)Nc4ccccc4)CC3)o2)cc1. The van der Waals surface area contributed by atoms with Crippen LogP contribution in [0.3, 0.4) is 0 Å². The molecule has 0 bridgehead atoms. The van der Waals surface area contributed by atoms with Crippen molar-refractivity contribution >= 4 is 35.1 Å². The first-order valence-electron chi connectivity index (χ1n) is 11.1. The highest BCUT2D eigenvalue weighted by atomic mass is 32.2. The molecule has 0 atom stereocenters. The predicted octanol–water partition coefficient (Wildman–Crippen LogP) is 4.77. The number of piperidine rings is 1. The van der Waals surface area contributed by atoms with Crippen molar-refractivity contribution in [2.24, 2.45) is 0 Å². The molecule has 0 saturated carbocycles. The molecule has 0 radical (unpaired) electrons. The fraction of sp³-hybridized carbons (Fsp3) is 0.333. The van der Waals surface area contributed by atoms with Crippen LogP contribution >= 0.6 is 11.8 Å². The molecule has 9 heteroatoms. The first-order chi connectivity index (χ1) is 16.1. The van der Waals surface area contributed by atoms with Crippen LogP contribution in [0.2, 0.25) is 0 Å². The summed E-state index contributed by atoms with van der Waals surface area (Å²) in [5.41, 5.74) is 2.78. The van der Waals surface area contributed by atoms with Crippen molar-refractivity contribution in [3.63, 3.8) is 0 Å². The topological polar surface area (TPSA) is 100 Å². The van der Waals surface area contributed by atoms with E-state index in [1.165, 1.54) is 17.3 Å². The zero-order valence-electron chi connectivity index (χ0n) is 18.5. The highest BCUT2D eigenvalue weighted by Gasteiger charge is 2.27. The summed E-state index contributed by atoms with van der Waals surface area (Å²) in [7, 11) is 0. The second-order valence-corrected chi connectivity index (χ2v) is 8.78. The lowest BCUT2D eigenvalue weighted by Crippen LogP contribution is -2.40. The van der Waals surface area contributed by atoms with Crippen LogP contribution in [0.4, 0.5) is 16.2 Å². The quantitative estimate of drug-likeness (QED) is 0.487. The highest BCUT2D eigenvalue weighted by molar-refractivity contribution is 7.99. The Balaban J connectivity index is 1.21. The van der Waals surface area contributed by atoms with Crippen molar-refractivity contribution < 1.29 is 14.0 Å². The summed E-state index contributed by atoms with van der Waals surface area (Å²) in [6.07, 6.45) is 2.47. The van der Waals surface area contributed by atoms with Crippen LogP contribution in [0.1, 0.15) is 37.1 Å². The van der Waals surface area contributed by atoms with E-state index in [0.717, 1.165) is 30.6 Å². The lowest BCUT2D eigenvalue weighted by atomic mass is 9.97. The summed E-state index contributed by atoms with van der Waals surface area (Å²) < 4.78 is 5.79. The Labute approximate surface area is 197 Å². The van der Waals surface area contributed by atoms with Gasteiger partial charge in [0.05, 0.1) is 5.75 Å². The average molecular weight is 466 g/mol. The zero-order chi connectivity index (χ0) is 23.0. The Kier molecular flexibility index (Phi) is 7.62. The molecule has 8 nitrogen and oxygen atoms in total. The summed E-state index contributed by atoms with van der Waals surface area (Å²) in [5.74, 6) is 0.742. The number of rotatable bonds is 7. The lowest BCUT2D eigenvalue weighted by Gasteiger charge is -2.30. The fourth-order valence-corrected chi connectivity index (χ4v) is 4.21. The number of nitrogens with zero attached hydrogens (tertiary/aromatic N) is 3. The van der Waals surface area contributed by atoms with E-state index in [0.29, 0.717) is 24.2 Å². The van der Waals surface area contributed by atoms with E-state index in [2.05, 4.69) is 27.8 Å². The van der Waals surface area contributed by atoms with Gasteiger partial charge in [0.25, 0.3) is 5.22 Å². The van der Waals surface area contributed by atoms with Gasteiger partial charge in [-0.3, -0.25) is 4.79 Å². The van der Waals surface area contributed by atoms with Gasteiger partial charge >= 0.3 is 6.03 Å². The molecule has 3 amide bonds. The number of carbonyl (C=O) groups excluding carboxylic acids is 2. The number of likely N-dealkylation sites (tertiary alicyclic amines) is 1. The molecule has 33 heavy (non-hydrogen) atoms. The number of aryl methyl sites for hydroxylation is 1. The van der Waals surface area contributed by atoms with Gasteiger partial charge in [-0.2, -0.15) is 0 Å². The van der Waals surface area contributed by atoms with Gasteiger partial charge in [-0.25, -0.2) is 4.79 Å². The first-order valence-corrected chi connectivity index (χ1v) is 12.0. The molecule has 0 aliphatic carbocycles. The number of anilines is 2. The normalized spacial score (nSPS) is 14.2. The Morgan fingerprint density at radius 1 is 1.00 bits per heavy atom. The van der Waals surface area contributed by atoms with Crippen LogP contribution < -0.4 is 10.6 Å². The van der Waals surface area contributed by atoms with Gasteiger partial charge in [0, 0.05) is 30.4 Å². The molecule has 1 fully saturated rings. The zero-order valence-corrected chi connectivity index (χ0v) is 19.3. The summed E-state index contributed by atoms with van der Waals surface area (Å²) in [5, 5.41) is 14.4. The number of hydrogen-bond donors (Lipinski definition) is 2. The largest absolute Gasteiger partial charge is 0.416 e. The minimum atomic E-state index is -0.123. The number of urea groups is 1. The van der Waals surface area contributed by atoms with Crippen LogP contribution in [-0.2, 0) is 11.2 Å². The van der Waals surface area contributed by atoms with E-state index in [4.69, 9.17) is 4.42 Å². The summed E-state index contributed by atoms with van der Waals surface area (Å²) >= 11 is 1.22. The van der Waals surface area contributed by atoms with Crippen LogP contribution in [0.15, 0.2) is 64.2 Å². The number of benzene rings is 2. The predicted molar refractivity (Wildman–Crippen MR) is 128 cm³/mol. The maximum Gasteiger partial charge on any atom is 0.321 e. The van der Waals surface area contributed by atoms with Crippen molar-refractivity contribution in [3.8, 4) is 0 Å². The van der Waals surface area contributed by atoms with E-state index in [1.54, 1.807) is 4.90 Å². The minimum Gasteiger partial charge on any atom is -0.416 e. The first kappa shape index (κ1) is 22.8. The monoisotopic (exact) mass is 465 g/mol. The van der Waals surface area contributed by atoms with E-state index in [9.17, 15) is 9.59 Å². The molecule has 3 aromatic rings. The van der Waals surface area contributed by atoms with Crippen molar-refractivity contribution in [2.75, 3.05) is 29.5 Å². The minimum absolute atomic E-state index is 0.100. The van der Waals surface area contributed by atoms with E-state index >= 15 is 0 Å². The number of nitrogens with one attached hydrogen (secondary N) is 2.